The van der Waals surface area contributed by atoms with Crippen LogP contribution in [0.25, 0.3) is 0 Å². The molecule has 3 atom stereocenters. The molecule has 1 N–H and O–H groups in total. The number of aromatic nitrogens is 2. The van der Waals surface area contributed by atoms with Crippen LogP contribution in [0, 0.1) is 17.2 Å². The largest absolute Gasteiger partial charge is 0.344 e. The van der Waals surface area contributed by atoms with Crippen molar-refractivity contribution in [3.63, 3.8) is 0 Å². The van der Waals surface area contributed by atoms with E-state index in [0.717, 1.165) is 43.6 Å². The number of fused-ring (bicyclic) bond motifs is 1. The molecule has 1 saturated heterocycles. The lowest BCUT2D eigenvalue weighted by Gasteiger charge is -2.37. The molecule has 1 fully saturated rings. The molecular formula is C31H44FN5O3. The van der Waals surface area contributed by atoms with E-state index in [1.54, 1.807) is 17.0 Å². The fourth-order valence-corrected chi connectivity index (χ4v) is 5.57. The second-order valence-corrected chi connectivity index (χ2v) is 12.4. The molecule has 0 aliphatic carbocycles. The number of hydrogen-bond acceptors (Lipinski definition) is 4. The summed E-state index contributed by atoms with van der Waals surface area (Å²) < 4.78 is 15.5. The van der Waals surface area contributed by atoms with Gasteiger partial charge in [0.2, 0.25) is 11.8 Å². The molecule has 9 heteroatoms. The summed E-state index contributed by atoms with van der Waals surface area (Å²) in [5.74, 6) is 0.0978. The summed E-state index contributed by atoms with van der Waals surface area (Å²) in [6.45, 7) is 12.0. The number of benzene rings is 1. The van der Waals surface area contributed by atoms with Crippen molar-refractivity contribution in [2.24, 2.45) is 11.3 Å². The van der Waals surface area contributed by atoms with E-state index in [4.69, 9.17) is 0 Å². The fraction of sp³-hybridized carbons (Fsp3) is 0.613. The third-order valence-corrected chi connectivity index (χ3v) is 8.30. The summed E-state index contributed by atoms with van der Waals surface area (Å²) in [6, 6.07) is 5.52. The minimum absolute atomic E-state index is 0.0986. The average Bonchev–Trinajstić information content (AvgIpc) is 3.65. The van der Waals surface area contributed by atoms with Crippen LogP contribution in [0.1, 0.15) is 82.2 Å². The number of hydrogen-bond donors (Lipinski definition) is 1. The van der Waals surface area contributed by atoms with Crippen molar-refractivity contribution in [3.05, 3.63) is 53.4 Å². The highest BCUT2D eigenvalue weighted by atomic mass is 19.1. The molecule has 0 unspecified atom stereocenters. The second-order valence-electron chi connectivity index (χ2n) is 12.4. The SMILES string of the molecule is CC[C@@H](C)C(=O)N[C@H](C(=O)N1CCC[C@H]1CN(CCc1ccc(F)cc1)C(=O)c1cn2c(n1)CCC2)C(C)(C)C. The van der Waals surface area contributed by atoms with Gasteiger partial charge in [-0.3, -0.25) is 14.4 Å². The van der Waals surface area contributed by atoms with Gasteiger partial charge in [-0.05, 0) is 55.2 Å². The third-order valence-electron chi connectivity index (χ3n) is 8.30. The van der Waals surface area contributed by atoms with Gasteiger partial charge in [0.05, 0.1) is 0 Å². The first kappa shape index (κ1) is 29.7. The summed E-state index contributed by atoms with van der Waals surface area (Å²) in [5, 5.41) is 3.03. The summed E-state index contributed by atoms with van der Waals surface area (Å²) in [5.41, 5.74) is 0.895. The number of likely N-dealkylation sites (tertiary alicyclic amines) is 1. The Hall–Kier alpha value is -3.23. The third kappa shape index (κ3) is 6.91. The molecule has 2 aromatic rings. The highest BCUT2D eigenvalue weighted by molar-refractivity contribution is 5.92. The Balaban J connectivity index is 1.53. The molecule has 0 saturated carbocycles. The number of halogens is 1. The molecular weight excluding hydrogens is 509 g/mol. The number of nitrogens with one attached hydrogen (secondary N) is 1. The van der Waals surface area contributed by atoms with E-state index in [1.807, 2.05) is 50.3 Å². The number of carbonyl (C=O) groups excluding carboxylic acids is 3. The first-order valence-electron chi connectivity index (χ1n) is 14.7. The number of carbonyl (C=O) groups is 3. The second kappa shape index (κ2) is 12.5. The van der Waals surface area contributed by atoms with Crippen LogP contribution >= 0.6 is 0 Å². The van der Waals surface area contributed by atoms with Crippen LogP contribution in [0.4, 0.5) is 4.39 Å². The zero-order chi connectivity index (χ0) is 29.0. The van der Waals surface area contributed by atoms with Crippen molar-refractivity contribution in [3.8, 4) is 0 Å². The van der Waals surface area contributed by atoms with Crippen LogP contribution < -0.4 is 5.32 Å². The Kier molecular flexibility index (Phi) is 9.31. The lowest BCUT2D eigenvalue weighted by atomic mass is 9.85. The lowest BCUT2D eigenvalue weighted by Crippen LogP contribution is -2.57. The molecule has 2 aliphatic rings. The van der Waals surface area contributed by atoms with Gasteiger partial charge in [-0.25, -0.2) is 9.37 Å². The smallest absolute Gasteiger partial charge is 0.274 e. The lowest BCUT2D eigenvalue weighted by molar-refractivity contribution is -0.141. The van der Waals surface area contributed by atoms with E-state index in [0.29, 0.717) is 38.2 Å². The zero-order valence-electron chi connectivity index (χ0n) is 24.6. The zero-order valence-corrected chi connectivity index (χ0v) is 24.6. The number of aryl methyl sites for hydroxylation is 2. The Bertz CT molecular complexity index is 1180. The van der Waals surface area contributed by atoms with E-state index >= 15 is 0 Å². The maximum Gasteiger partial charge on any atom is 0.274 e. The van der Waals surface area contributed by atoms with Crippen LogP contribution in [0.5, 0.6) is 0 Å². The highest BCUT2D eigenvalue weighted by Crippen LogP contribution is 2.27. The molecule has 3 heterocycles. The van der Waals surface area contributed by atoms with Gasteiger partial charge in [0, 0.05) is 50.8 Å². The molecule has 0 radical (unpaired) electrons. The summed E-state index contributed by atoms with van der Waals surface area (Å²) in [6.07, 6.45) is 6.62. The Morgan fingerprint density at radius 1 is 1.15 bits per heavy atom. The summed E-state index contributed by atoms with van der Waals surface area (Å²) >= 11 is 0. The molecule has 3 amide bonds. The van der Waals surface area contributed by atoms with Crippen LogP contribution in [0.3, 0.4) is 0 Å². The van der Waals surface area contributed by atoms with Crippen molar-refractivity contribution < 1.29 is 18.8 Å². The molecule has 218 valence electrons. The van der Waals surface area contributed by atoms with Crippen LogP contribution in [0.2, 0.25) is 0 Å². The highest BCUT2D eigenvalue weighted by Gasteiger charge is 2.41. The van der Waals surface area contributed by atoms with Gasteiger partial charge < -0.3 is 19.7 Å². The van der Waals surface area contributed by atoms with Gasteiger partial charge in [-0.15, -0.1) is 0 Å². The molecule has 4 rings (SSSR count). The Labute approximate surface area is 237 Å². The Morgan fingerprint density at radius 3 is 2.52 bits per heavy atom. The van der Waals surface area contributed by atoms with Gasteiger partial charge in [0.1, 0.15) is 23.4 Å². The van der Waals surface area contributed by atoms with E-state index in [-0.39, 0.29) is 35.5 Å². The summed E-state index contributed by atoms with van der Waals surface area (Å²) in [4.78, 5) is 48.8. The number of rotatable bonds is 10. The molecule has 8 nitrogen and oxygen atoms in total. The molecule has 40 heavy (non-hydrogen) atoms. The molecule has 0 bridgehead atoms. The predicted octanol–water partition coefficient (Wildman–Crippen LogP) is 4.22. The van der Waals surface area contributed by atoms with Gasteiger partial charge in [-0.1, -0.05) is 46.8 Å². The fourth-order valence-electron chi connectivity index (χ4n) is 5.57. The predicted molar refractivity (Wildman–Crippen MR) is 152 cm³/mol. The standard InChI is InChI=1S/C31H44FN5O3/c1-6-21(2)28(38)34-27(31(3,4)5)30(40)37-17-7-9-24(37)19-36(18-15-22-11-13-23(32)14-12-22)29(39)25-20-35-16-8-10-26(35)33-25/h11-14,20-21,24,27H,6-10,15-19H2,1-5H3,(H,34,38)/t21-,24+,27-/m1/s1. The van der Waals surface area contributed by atoms with E-state index < -0.39 is 11.5 Å². The first-order chi connectivity index (χ1) is 19.0. The number of nitrogens with zero attached hydrogens (tertiary/aromatic N) is 4. The molecule has 0 spiro atoms. The van der Waals surface area contributed by atoms with Gasteiger partial charge >= 0.3 is 0 Å². The topological polar surface area (TPSA) is 87.5 Å². The Morgan fingerprint density at radius 2 is 1.88 bits per heavy atom. The van der Waals surface area contributed by atoms with E-state index in [1.165, 1.54) is 12.1 Å². The van der Waals surface area contributed by atoms with Gasteiger partial charge in [0.15, 0.2) is 0 Å². The molecule has 1 aromatic carbocycles. The van der Waals surface area contributed by atoms with Crippen LogP contribution in [0.15, 0.2) is 30.5 Å². The minimum atomic E-state index is -0.658. The molecule has 2 aliphatic heterocycles. The average molecular weight is 554 g/mol. The number of amides is 3. The van der Waals surface area contributed by atoms with Gasteiger partial charge in [-0.2, -0.15) is 0 Å². The van der Waals surface area contributed by atoms with Crippen molar-refractivity contribution >= 4 is 17.7 Å². The quantitative estimate of drug-likeness (QED) is 0.477. The van der Waals surface area contributed by atoms with Crippen LogP contribution in [-0.2, 0) is 29.0 Å². The van der Waals surface area contributed by atoms with Crippen molar-refractivity contribution in [2.75, 3.05) is 19.6 Å². The normalized spacial score (nSPS) is 18.4. The van der Waals surface area contributed by atoms with Crippen molar-refractivity contribution in [1.82, 2.24) is 24.7 Å². The van der Waals surface area contributed by atoms with Gasteiger partial charge in [0.25, 0.3) is 5.91 Å². The van der Waals surface area contributed by atoms with E-state index in [2.05, 4.69) is 10.3 Å². The maximum absolute atomic E-state index is 13.9. The summed E-state index contributed by atoms with van der Waals surface area (Å²) in [7, 11) is 0. The van der Waals surface area contributed by atoms with Crippen molar-refractivity contribution in [2.45, 2.75) is 91.8 Å². The monoisotopic (exact) mass is 553 g/mol. The first-order valence-corrected chi connectivity index (χ1v) is 14.7. The molecule has 1 aromatic heterocycles. The van der Waals surface area contributed by atoms with Crippen molar-refractivity contribution in [1.29, 1.82) is 0 Å². The number of imidazole rings is 1. The minimum Gasteiger partial charge on any atom is -0.344 e. The van der Waals surface area contributed by atoms with E-state index in [9.17, 15) is 18.8 Å². The maximum atomic E-state index is 13.9. The van der Waals surface area contributed by atoms with Crippen LogP contribution in [-0.4, -0.2) is 68.8 Å².